The van der Waals surface area contributed by atoms with Gasteiger partial charge in [-0.2, -0.15) is 4.98 Å². The first-order valence-corrected chi connectivity index (χ1v) is 6.71. The molecule has 0 fully saturated rings. The van der Waals surface area contributed by atoms with Crippen molar-refractivity contribution in [3.05, 3.63) is 46.6 Å². The maximum absolute atomic E-state index is 5.88. The molecule has 2 N–H and O–H groups in total. The van der Waals surface area contributed by atoms with Crippen molar-refractivity contribution >= 4 is 0 Å². The number of hydrogen-bond donors (Lipinski definition) is 1. The minimum absolute atomic E-state index is 0.104. The number of nitrogens with two attached hydrogens (primary N) is 1. The summed E-state index contributed by atoms with van der Waals surface area (Å²) < 4.78 is 5.27. The molecule has 4 nitrogen and oxygen atoms in total. The van der Waals surface area contributed by atoms with E-state index in [0.717, 1.165) is 6.42 Å². The zero-order valence-corrected chi connectivity index (χ0v) is 11.8. The first-order chi connectivity index (χ1) is 9.08. The quantitative estimate of drug-likeness (QED) is 0.896. The number of aryl methyl sites for hydroxylation is 2. The third-order valence-electron chi connectivity index (χ3n) is 3.41. The highest BCUT2D eigenvalue weighted by molar-refractivity contribution is 5.31. The fourth-order valence-electron chi connectivity index (χ4n) is 1.91. The third kappa shape index (κ3) is 3.64. The van der Waals surface area contributed by atoms with Gasteiger partial charge in [-0.25, -0.2) is 0 Å². The Morgan fingerprint density at radius 1 is 1.26 bits per heavy atom. The molecule has 0 aliphatic rings. The van der Waals surface area contributed by atoms with Gasteiger partial charge < -0.3 is 10.3 Å². The van der Waals surface area contributed by atoms with Gasteiger partial charge in [-0.05, 0) is 37.0 Å². The van der Waals surface area contributed by atoms with Crippen LogP contribution in [0.5, 0.6) is 0 Å². The van der Waals surface area contributed by atoms with Crippen molar-refractivity contribution in [2.75, 3.05) is 0 Å². The van der Waals surface area contributed by atoms with Gasteiger partial charge in [0.05, 0.1) is 6.42 Å². The van der Waals surface area contributed by atoms with Crippen LogP contribution in [0, 0.1) is 13.8 Å². The Morgan fingerprint density at radius 2 is 2.05 bits per heavy atom. The van der Waals surface area contributed by atoms with Gasteiger partial charge in [0.15, 0.2) is 5.82 Å². The largest absolute Gasteiger partial charge is 0.339 e. The average Bonchev–Trinajstić information content (AvgIpc) is 2.81. The van der Waals surface area contributed by atoms with E-state index in [-0.39, 0.29) is 6.04 Å². The minimum Gasteiger partial charge on any atom is -0.339 e. The molecule has 19 heavy (non-hydrogen) atoms. The van der Waals surface area contributed by atoms with E-state index in [1.165, 1.54) is 16.7 Å². The van der Waals surface area contributed by atoms with Crippen molar-refractivity contribution in [1.29, 1.82) is 0 Å². The summed E-state index contributed by atoms with van der Waals surface area (Å²) in [4.78, 5) is 4.39. The Labute approximate surface area is 114 Å². The van der Waals surface area contributed by atoms with Crippen molar-refractivity contribution in [1.82, 2.24) is 10.1 Å². The molecular weight excluding hydrogens is 238 g/mol. The van der Waals surface area contributed by atoms with Crippen LogP contribution in [0.1, 0.15) is 41.8 Å². The molecule has 1 aromatic heterocycles. The minimum atomic E-state index is 0.104. The van der Waals surface area contributed by atoms with Crippen molar-refractivity contribution in [2.24, 2.45) is 5.73 Å². The number of aromatic nitrogens is 2. The average molecular weight is 259 g/mol. The SMILES string of the molecule is CCC(N)Cc1noc(Cc2ccc(C)c(C)c2)n1. The fraction of sp³-hybridized carbons (Fsp3) is 0.467. The molecule has 1 unspecified atom stereocenters. The highest BCUT2D eigenvalue weighted by Crippen LogP contribution is 2.13. The van der Waals surface area contributed by atoms with Gasteiger partial charge in [0, 0.05) is 12.5 Å². The van der Waals surface area contributed by atoms with Crippen LogP contribution in [-0.4, -0.2) is 16.2 Å². The van der Waals surface area contributed by atoms with E-state index >= 15 is 0 Å². The predicted molar refractivity (Wildman–Crippen MR) is 75.0 cm³/mol. The second-order valence-corrected chi connectivity index (χ2v) is 5.07. The summed E-state index contributed by atoms with van der Waals surface area (Å²) in [5.41, 5.74) is 9.65. The van der Waals surface area contributed by atoms with E-state index in [2.05, 4.69) is 49.1 Å². The summed E-state index contributed by atoms with van der Waals surface area (Å²) in [6, 6.07) is 6.49. The zero-order valence-electron chi connectivity index (χ0n) is 11.8. The molecule has 1 aromatic carbocycles. The number of rotatable bonds is 5. The molecule has 1 atom stereocenters. The molecule has 2 aromatic rings. The third-order valence-corrected chi connectivity index (χ3v) is 3.41. The van der Waals surface area contributed by atoms with Crippen molar-refractivity contribution in [3.63, 3.8) is 0 Å². The number of hydrogen-bond acceptors (Lipinski definition) is 4. The van der Waals surface area contributed by atoms with E-state index in [4.69, 9.17) is 10.3 Å². The lowest BCUT2D eigenvalue weighted by molar-refractivity contribution is 0.377. The molecular formula is C15H21N3O. The van der Waals surface area contributed by atoms with Crippen LogP contribution in [0.25, 0.3) is 0 Å². The van der Waals surface area contributed by atoms with Gasteiger partial charge in [0.1, 0.15) is 0 Å². The Kier molecular flexibility index (Phi) is 4.32. The molecule has 0 aliphatic heterocycles. The van der Waals surface area contributed by atoms with E-state index in [9.17, 15) is 0 Å². The summed E-state index contributed by atoms with van der Waals surface area (Å²) in [6.45, 7) is 6.27. The first kappa shape index (κ1) is 13.7. The summed E-state index contributed by atoms with van der Waals surface area (Å²) in [7, 11) is 0. The smallest absolute Gasteiger partial charge is 0.231 e. The lowest BCUT2D eigenvalue weighted by Gasteiger charge is -2.03. The fourth-order valence-corrected chi connectivity index (χ4v) is 1.91. The van der Waals surface area contributed by atoms with Gasteiger partial charge >= 0.3 is 0 Å². The van der Waals surface area contributed by atoms with Crippen LogP contribution < -0.4 is 5.73 Å². The van der Waals surface area contributed by atoms with Gasteiger partial charge in [-0.15, -0.1) is 0 Å². The van der Waals surface area contributed by atoms with Crippen LogP contribution in [0.15, 0.2) is 22.7 Å². The maximum atomic E-state index is 5.88. The van der Waals surface area contributed by atoms with E-state index in [1.807, 2.05) is 0 Å². The van der Waals surface area contributed by atoms with Gasteiger partial charge in [0.2, 0.25) is 5.89 Å². The van der Waals surface area contributed by atoms with Crippen molar-refractivity contribution in [2.45, 2.75) is 46.1 Å². The van der Waals surface area contributed by atoms with Crippen molar-refractivity contribution < 1.29 is 4.52 Å². The highest BCUT2D eigenvalue weighted by Gasteiger charge is 2.10. The van der Waals surface area contributed by atoms with Crippen LogP contribution in [0.3, 0.4) is 0 Å². The molecule has 4 heteroatoms. The number of benzene rings is 1. The maximum Gasteiger partial charge on any atom is 0.231 e. The summed E-state index contributed by atoms with van der Waals surface area (Å²) in [5.74, 6) is 1.36. The standard InChI is InChI=1S/C15H21N3O/c1-4-13(16)9-14-17-15(19-18-14)8-12-6-5-10(2)11(3)7-12/h5-7,13H,4,8-9,16H2,1-3H3. The van der Waals surface area contributed by atoms with Gasteiger partial charge in [-0.1, -0.05) is 30.3 Å². The predicted octanol–water partition coefficient (Wildman–Crippen LogP) is 2.56. The Morgan fingerprint density at radius 3 is 2.74 bits per heavy atom. The molecule has 0 radical (unpaired) electrons. The Balaban J connectivity index is 2.05. The highest BCUT2D eigenvalue weighted by atomic mass is 16.5. The van der Waals surface area contributed by atoms with Crippen LogP contribution in [0.2, 0.25) is 0 Å². The monoisotopic (exact) mass is 259 g/mol. The van der Waals surface area contributed by atoms with Gasteiger partial charge in [0.25, 0.3) is 0 Å². The summed E-state index contributed by atoms with van der Waals surface area (Å²) in [6.07, 6.45) is 2.27. The van der Waals surface area contributed by atoms with E-state index in [0.29, 0.717) is 24.6 Å². The van der Waals surface area contributed by atoms with Crippen LogP contribution in [0.4, 0.5) is 0 Å². The lowest BCUT2D eigenvalue weighted by Crippen LogP contribution is -2.22. The molecule has 102 valence electrons. The normalized spacial score (nSPS) is 12.6. The lowest BCUT2D eigenvalue weighted by atomic mass is 10.0. The topological polar surface area (TPSA) is 64.9 Å². The zero-order chi connectivity index (χ0) is 13.8. The van der Waals surface area contributed by atoms with Crippen molar-refractivity contribution in [3.8, 4) is 0 Å². The Hall–Kier alpha value is -1.68. The summed E-state index contributed by atoms with van der Waals surface area (Å²) >= 11 is 0. The Bertz CT molecular complexity index is 548. The molecule has 2 rings (SSSR count). The molecule has 0 spiro atoms. The molecule has 0 bridgehead atoms. The molecule has 0 amide bonds. The molecule has 0 saturated carbocycles. The molecule has 1 heterocycles. The van der Waals surface area contributed by atoms with E-state index in [1.54, 1.807) is 0 Å². The first-order valence-electron chi connectivity index (χ1n) is 6.71. The second kappa shape index (κ2) is 5.97. The second-order valence-electron chi connectivity index (χ2n) is 5.07. The molecule has 0 saturated heterocycles. The van der Waals surface area contributed by atoms with Gasteiger partial charge in [-0.3, -0.25) is 0 Å². The van der Waals surface area contributed by atoms with E-state index < -0.39 is 0 Å². The van der Waals surface area contributed by atoms with Crippen LogP contribution in [-0.2, 0) is 12.8 Å². The number of nitrogens with zero attached hydrogens (tertiary/aromatic N) is 2. The van der Waals surface area contributed by atoms with Crippen LogP contribution >= 0.6 is 0 Å². The molecule has 0 aliphatic carbocycles. The summed E-state index contributed by atoms with van der Waals surface area (Å²) in [5, 5.41) is 3.97.